The summed E-state index contributed by atoms with van der Waals surface area (Å²) in [6, 6.07) is 6.32. The fraction of sp³-hybridized carbons (Fsp3) is 0.538. The smallest absolute Gasteiger partial charge is 0.124 e. The highest BCUT2D eigenvalue weighted by atomic mass is 16.5. The second kappa shape index (κ2) is 3.76. The van der Waals surface area contributed by atoms with E-state index < -0.39 is 0 Å². The van der Waals surface area contributed by atoms with Crippen molar-refractivity contribution < 1.29 is 4.74 Å². The van der Waals surface area contributed by atoms with Gasteiger partial charge in [0, 0.05) is 17.8 Å². The van der Waals surface area contributed by atoms with E-state index in [1.807, 2.05) is 0 Å². The Labute approximate surface area is 90.6 Å². The summed E-state index contributed by atoms with van der Waals surface area (Å²) in [6.45, 7) is 1.97. The minimum Gasteiger partial charge on any atom is -0.493 e. The van der Waals surface area contributed by atoms with Crippen molar-refractivity contribution in [1.29, 1.82) is 0 Å². The predicted molar refractivity (Wildman–Crippen MR) is 61.5 cm³/mol. The molecule has 0 atom stereocenters. The van der Waals surface area contributed by atoms with Crippen molar-refractivity contribution in [2.75, 3.05) is 18.5 Å². The minimum atomic E-state index is 0.815. The number of ether oxygens (including phenoxy) is 1. The van der Waals surface area contributed by atoms with Gasteiger partial charge in [-0.1, -0.05) is 12.5 Å². The summed E-state index contributed by atoms with van der Waals surface area (Å²) in [4.78, 5) is 0. The van der Waals surface area contributed by atoms with Crippen LogP contribution in [0.4, 0.5) is 5.69 Å². The molecule has 2 nitrogen and oxygen atoms in total. The number of hydrogen-bond donors (Lipinski definition) is 1. The Bertz CT molecular complexity index is 358. The third-order valence-corrected chi connectivity index (χ3v) is 3.52. The van der Waals surface area contributed by atoms with Gasteiger partial charge in [-0.3, -0.25) is 0 Å². The maximum absolute atomic E-state index is 5.91. The molecule has 0 saturated heterocycles. The Kier molecular flexibility index (Phi) is 2.28. The van der Waals surface area contributed by atoms with E-state index >= 15 is 0 Å². The van der Waals surface area contributed by atoms with Crippen molar-refractivity contribution in [2.45, 2.75) is 25.7 Å². The van der Waals surface area contributed by atoms with Crippen LogP contribution in [-0.4, -0.2) is 13.2 Å². The van der Waals surface area contributed by atoms with Crippen LogP contribution >= 0.6 is 0 Å². The molecule has 0 bridgehead atoms. The van der Waals surface area contributed by atoms with Gasteiger partial charge in [-0.05, 0) is 37.3 Å². The first-order valence-electron chi connectivity index (χ1n) is 5.92. The molecule has 0 amide bonds. The first kappa shape index (κ1) is 9.08. The van der Waals surface area contributed by atoms with Crippen LogP contribution in [0, 0.1) is 5.92 Å². The van der Waals surface area contributed by atoms with Gasteiger partial charge in [-0.15, -0.1) is 0 Å². The highest BCUT2D eigenvalue weighted by Crippen LogP contribution is 2.33. The van der Waals surface area contributed by atoms with E-state index in [0.29, 0.717) is 0 Å². The zero-order valence-corrected chi connectivity index (χ0v) is 8.96. The van der Waals surface area contributed by atoms with Crippen molar-refractivity contribution in [3.05, 3.63) is 23.8 Å². The molecule has 80 valence electrons. The summed E-state index contributed by atoms with van der Waals surface area (Å²) in [5, 5.41) is 3.38. The molecule has 1 N–H and O–H groups in total. The van der Waals surface area contributed by atoms with Crippen LogP contribution in [0.2, 0.25) is 0 Å². The van der Waals surface area contributed by atoms with Crippen molar-refractivity contribution in [3.8, 4) is 5.75 Å². The first-order valence-corrected chi connectivity index (χ1v) is 5.92. The van der Waals surface area contributed by atoms with Gasteiger partial charge < -0.3 is 10.1 Å². The quantitative estimate of drug-likeness (QED) is 0.815. The third-order valence-electron chi connectivity index (χ3n) is 3.52. The summed E-state index contributed by atoms with van der Waals surface area (Å²) in [5.41, 5.74) is 2.64. The largest absolute Gasteiger partial charge is 0.493 e. The van der Waals surface area contributed by atoms with Crippen LogP contribution in [0.15, 0.2) is 18.2 Å². The van der Waals surface area contributed by atoms with Gasteiger partial charge in [0.2, 0.25) is 0 Å². The highest BCUT2D eigenvalue weighted by molar-refractivity contribution is 5.61. The van der Waals surface area contributed by atoms with Crippen LogP contribution in [0.3, 0.4) is 0 Å². The van der Waals surface area contributed by atoms with Crippen molar-refractivity contribution in [3.63, 3.8) is 0 Å². The second-order valence-corrected chi connectivity index (χ2v) is 4.57. The average molecular weight is 203 g/mol. The second-order valence-electron chi connectivity index (χ2n) is 4.57. The summed E-state index contributed by atoms with van der Waals surface area (Å²) < 4.78 is 5.91. The molecule has 1 fully saturated rings. The Morgan fingerprint density at radius 1 is 1.33 bits per heavy atom. The number of fused-ring (bicyclic) bond motifs is 1. The van der Waals surface area contributed by atoms with Crippen molar-refractivity contribution >= 4 is 5.69 Å². The van der Waals surface area contributed by atoms with E-state index in [0.717, 1.165) is 31.2 Å². The standard InChI is InChI=1S/C13H17NO/c1-3-10(4-1)9-15-13-6-2-5-12-11(13)7-8-14-12/h2,5-6,10,14H,1,3-4,7-9H2. The molecule has 0 radical (unpaired) electrons. The fourth-order valence-electron chi connectivity index (χ4n) is 2.31. The molecule has 1 aromatic rings. The van der Waals surface area contributed by atoms with Crippen LogP contribution < -0.4 is 10.1 Å². The van der Waals surface area contributed by atoms with Gasteiger partial charge in [0.15, 0.2) is 0 Å². The number of rotatable bonds is 3. The molecule has 0 spiro atoms. The van der Waals surface area contributed by atoms with Crippen molar-refractivity contribution in [1.82, 2.24) is 0 Å². The number of hydrogen-bond acceptors (Lipinski definition) is 2. The molecule has 1 aliphatic carbocycles. The Morgan fingerprint density at radius 2 is 2.27 bits per heavy atom. The van der Waals surface area contributed by atoms with Gasteiger partial charge in [0.05, 0.1) is 6.61 Å². The van der Waals surface area contributed by atoms with Crippen LogP contribution in [0.1, 0.15) is 24.8 Å². The third kappa shape index (κ3) is 1.69. The van der Waals surface area contributed by atoms with Crippen LogP contribution in [-0.2, 0) is 6.42 Å². The van der Waals surface area contributed by atoms with E-state index in [1.54, 1.807) is 0 Å². The zero-order chi connectivity index (χ0) is 10.1. The molecule has 1 aliphatic heterocycles. The molecule has 3 rings (SSSR count). The topological polar surface area (TPSA) is 21.3 Å². The maximum atomic E-state index is 5.91. The lowest BCUT2D eigenvalue weighted by molar-refractivity contribution is 0.180. The van der Waals surface area contributed by atoms with E-state index in [1.165, 1.54) is 30.5 Å². The van der Waals surface area contributed by atoms with Gasteiger partial charge in [0.25, 0.3) is 0 Å². The average Bonchev–Trinajstić information content (AvgIpc) is 2.63. The molecule has 0 unspecified atom stereocenters. The van der Waals surface area contributed by atoms with Gasteiger partial charge in [-0.2, -0.15) is 0 Å². The van der Waals surface area contributed by atoms with Gasteiger partial charge in [-0.25, -0.2) is 0 Å². The van der Waals surface area contributed by atoms with Gasteiger partial charge >= 0.3 is 0 Å². The lowest BCUT2D eigenvalue weighted by Crippen LogP contribution is -2.19. The number of benzene rings is 1. The fourth-order valence-corrected chi connectivity index (χ4v) is 2.31. The summed E-state index contributed by atoms with van der Waals surface area (Å²) in [7, 11) is 0. The van der Waals surface area contributed by atoms with Crippen molar-refractivity contribution in [2.24, 2.45) is 5.92 Å². The predicted octanol–water partition coefficient (Wildman–Crippen LogP) is 2.83. The monoisotopic (exact) mass is 203 g/mol. The first-order chi connectivity index (χ1) is 7.43. The Hall–Kier alpha value is -1.18. The van der Waals surface area contributed by atoms with Crippen LogP contribution in [0.25, 0.3) is 0 Å². The van der Waals surface area contributed by atoms with E-state index in [-0.39, 0.29) is 0 Å². The van der Waals surface area contributed by atoms with Crippen LogP contribution in [0.5, 0.6) is 5.75 Å². The minimum absolute atomic E-state index is 0.815. The summed E-state index contributed by atoms with van der Waals surface area (Å²) in [6.07, 6.45) is 5.21. The van der Waals surface area contributed by atoms with E-state index in [4.69, 9.17) is 4.74 Å². The molecule has 1 aromatic carbocycles. The van der Waals surface area contributed by atoms with E-state index in [2.05, 4.69) is 23.5 Å². The molecule has 2 heteroatoms. The molecule has 1 heterocycles. The molecular weight excluding hydrogens is 186 g/mol. The molecule has 0 aromatic heterocycles. The Morgan fingerprint density at radius 3 is 3.07 bits per heavy atom. The number of anilines is 1. The number of nitrogens with one attached hydrogen (secondary N) is 1. The Balaban J connectivity index is 1.71. The molecule has 2 aliphatic rings. The molecule has 1 saturated carbocycles. The molecule has 15 heavy (non-hydrogen) atoms. The lowest BCUT2D eigenvalue weighted by Gasteiger charge is -2.25. The summed E-state index contributed by atoms with van der Waals surface area (Å²) >= 11 is 0. The normalized spacial score (nSPS) is 19.2. The molecular formula is C13H17NO. The van der Waals surface area contributed by atoms with E-state index in [9.17, 15) is 0 Å². The lowest BCUT2D eigenvalue weighted by atomic mass is 9.86. The summed E-state index contributed by atoms with van der Waals surface area (Å²) in [5.74, 6) is 1.92. The SMILES string of the molecule is c1cc2c(c(OCC3CCC3)c1)CCN2. The zero-order valence-electron chi connectivity index (χ0n) is 8.96. The highest BCUT2D eigenvalue weighted by Gasteiger charge is 2.20. The van der Waals surface area contributed by atoms with Gasteiger partial charge in [0.1, 0.15) is 5.75 Å². The maximum Gasteiger partial charge on any atom is 0.124 e.